The SMILES string of the molecule is CCCCCCCCCCN1CCC(N)C1. The number of nitrogens with zero attached hydrogens (tertiary/aromatic N) is 1. The van der Waals surface area contributed by atoms with Crippen LogP contribution < -0.4 is 5.73 Å². The van der Waals surface area contributed by atoms with Crippen LogP contribution in [0.3, 0.4) is 0 Å². The van der Waals surface area contributed by atoms with Crippen LogP contribution in [0.25, 0.3) is 0 Å². The van der Waals surface area contributed by atoms with Gasteiger partial charge in [-0.3, -0.25) is 0 Å². The van der Waals surface area contributed by atoms with Gasteiger partial charge < -0.3 is 10.6 Å². The molecule has 2 N–H and O–H groups in total. The van der Waals surface area contributed by atoms with E-state index in [0.717, 1.165) is 6.54 Å². The van der Waals surface area contributed by atoms with Gasteiger partial charge in [0, 0.05) is 12.6 Å². The molecule has 1 atom stereocenters. The van der Waals surface area contributed by atoms with Gasteiger partial charge in [0.2, 0.25) is 0 Å². The predicted octanol–water partition coefficient (Wildman–Crippen LogP) is 3.16. The first-order valence-electron chi connectivity index (χ1n) is 7.31. The van der Waals surface area contributed by atoms with Gasteiger partial charge in [0.25, 0.3) is 0 Å². The summed E-state index contributed by atoms with van der Waals surface area (Å²) in [5.74, 6) is 0. The molecule has 1 rings (SSSR count). The fourth-order valence-electron chi connectivity index (χ4n) is 2.54. The maximum absolute atomic E-state index is 5.88. The molecule has 0 radical (unpaired) electrons. The molecule has 1 saturated heterocycles. The number of hydrogen-bond acceptors (Lipinski definition) is 2. The average molecular weight is 226 g/mol. The average Bonchev–Trinajstić information content (AvgIpc) is 2.68. The van der Waals surface area contributed by atoms with Crippen molar-refractivity contribution in [1.82, 2.24) is 4.90 Å². The Morgan fingerprint density at radius 1 is 1.00 bits per heavy atom. The van der Waals surface area contributed by atoms with Crippen LogP contribution in [-0.2, 0) is 0 Å². The fraction of sp³-hybridized carbons (Fsp3) is 1.00. The first-order chi connectivity index (χ1) is 7.83. The highest BCUT2D eigenvalue weighted by atomic mass is 15.2. The highest BCUT2D eigenvalue weighted by Gasteiger charge is 2.17. The molecule has 2 heteroatoms. The van der Waals surface area contributed by atoms with Crippen LogP contribution in [0.5, 0.6) is 0 Å². The van der Waals surface area contributed by atoms with E-state index in [0.29, 0.717) is 6.04 Å². The number of hydrogen-bond donors (Lipinski definition) is 1. The third kappa shape index (κ3) is 6.49. The van der Waals surface area contributed by atoms with Gasteiger partial charge >= 0.3 is 0 Å². The van der Waals surface area contributed by atoms with E-state index in [1.807, 2.05) is 0 Å². The van der Waals surface area contributed by atoms with E-state index in [9.17, 15) is 0 Å². The largest absolute Gasteiger partial charge is 0.326 e. The molecule has 0 aromatic rings. The van der Waals surface area contributed by atoms with Crippen LogP contribution in [0.4, 0.5) is 0 Å². The smallest absolute Gasteiger partial charge is 0.0180 e. The third-order valence-electron chi connectivity index (χ3n) is 3.64. The third-order valence-corrected chi connectivity index (χ3v) is 3.64. The zero-order valence-corrected chi connectivity index (χ0v) is 11.1. The molecule has 0 saturated carbocycles. The van der Waals surface area contributed by atoms with Crippen molar-refractivity contribution in [2.45, 2.75) is 70.8 Å². The van der Waals surface area contributed by atoms with Gasteiger partial charge in [0.15, 0.2) is 0 Å². The monoisotopic (exact) mass is 226 g/mol. The number of nitrogens with two attached hydrogens (primary N) is 1. The van der Waals surface area contributed by atoms with Crippen molar-refractivity contribution in [2.24, 2.45) is 5.73 Å². The number of likely N-dealkylation sites (tertiary alicyclic amines) is 1. The topological polar surface area (TPSA) is 29.3 Å². The normalized spacial score (nSPS) is 21.8. The molecule has 0 bridgehead atoms. The van der Waals surface area contributed by atoms with Gasteiger partial charge in [-0.2, -0.15) is 0 Å². The van der Waals surface area contributed by atoms with E-state index < -0.39 is 0 Å². The molecule has 2 nitrogen and oxygen atoms in total. The Hall–Kier alpha value is -0.0800. The summed E-state index contributed by atoms with van der Waals surface area (Å²) in [6.45, 7) is 5.93. The predicted molar refractivity (Wildman–Crippen MR) is 71.6 cm³/mol. The highest BCUT2D eigenvalue weighted by molar-refractivity contribution is 4.77. The lowest BCUT2D eigenvalue weighted by Crippen LogP contribution is -2.27. The van der Waals surface area contributed by atoms with Crippen LogP contribution in [0, 0.1) is 0 Å². The summed E-state index contributed by atoms with van der Waals surface area (Å²) < 4.78 is 0. The molecular formula is C14H30N2. The van der Waals surface area contributed by atoms with E-state index in [4.69, 9.17) is 5.73 Å². The summed E-state index contributed by atoms with van der Waals surface area (Å²) in [5.41, 5.74) is 5.88. The molecular weight excluding hydrogens is 196 g/mol. The maximum atomic E-state index is 5.88. The molecule has 0 amide bonds. The van der Waals surface area contributed by atoms with Crippen LogP contribution in [0.2, 0.25) is 0 Å². The summed E-state index contributed by atoms with van der Waals surface area (Å²) >= 11 is 0. The standard InChI is InChI=1S/C14H30N2/c1-2-3-4-5-6-7-8-9-11-16-12-10-14(15)13-16/h14H,2-13,15H2,1H3. The van der Waals surface area contributed by atoms with E-state index in [1.165, 1.54) is 70.9 Å². The first-order valence-corrected chi connectivity index (χ1v) is 7.31. The summed E-state index contributed by atoms with van der Waals surface area (Å²) in [7, 11) is 0. The summed E-state index contributed by atoms with van der Waals surface area (Å²) in [5, 5.41) is 0. The van der Waals surface area contributed by atoms with E-state index in [-0.39, 0.29) is 0 Å². The van der Waals surface area contributed by atoms with Crippen molar-refractivity contribution in [3.05, 3.63) is 0 Å². The maximum Gasteiger partial charge on any atom is 0.0180 e. The summed E-state index contributed by atoms with van der Waals surface area (Å²) in [6.07, 6.45) is 12.5. The Morgan fingerprint density at radius 3 is 2.19 bits per heavy atom. The Labute approximate surface area is 102 Å². The Morgan fingerprint density at radius 2 is 1.62 bits per heavy atom. The first kappa shape index (κ1) is 14.0. The minimum atomic E-state index is 0.453. The molecule has 0 spiro atoms. The molecule has 0 aliphatic carbocycles. The molecule has 1 fully saturated rings. The minimum Gasteiger partial charge on any atom is -0.326 e. The number of rotatable bonds is 9. The van der Waals surface area contributed by atoms with Crippen LogP contribution in [0.15, 0.2) is 0 Å². The van der Waals surface area contributed by atoms with Gasteiger partial charge in [-0.1, -0.05) is 51.9 Å². The highest BCUT2D eigenvalue weighted by Crippen LogP contribution is 2.11. The zero-order valence-electron chi connectivity index (χ0n) is 11.1. The lowest BCUT2D eigenvalue weighted by atomic mass is 10.1. The Kier molecular flexibility index (Phi) is 7.87. The quantitative estimate of drug-likeness (QED) is 0.612. The minimum absolute atomic E-state index is 0.453. The summed E-state index contributed by atoms with van der Waals surface area (Å²) in [6, 6.07) is 0.453. The van der Waals surface area contributed by atoms with Gasteiger partial charge in [0.1, 0.15) is 0 Å². The van der Waals surface area contributed by atoms with Crippen molar-refractivity contribution in [2.75, 3.05) is 19.6 Å². The van der Waals surface area contributed by atoms with Crippen molar-refractivity contribution < 1.29 is 0 Å². The molecule has 0 aromatic carbocycles. The molecule has 1 heterocycles. The van der Waals surface area contributed by atoms with Gasteiger partial charge in [0.05, 0.1) is 0 Å². The molecule has 0 aromatic heterocycles. The lowest BCUT2D eigenvalue weighted by Gasteiger charge is -2.14. The molecule has 1 aliphatic rings. The van der Waals surface area contributed by atoms with Gasteiger partial charge in [-0.15, -0.1) is 0 Å². The van der Waals surface area contributed by atoms with Crippen LogP contribution >= 0.6 is 0 Å². The van der Waals surface area contributed by atoms with Crippen molar-refractivity contribution in [1.29, 1.82) is 0 Å². The van der Waals surface area contributed by atoms with Gasteiger partial charge in [-0.25, -0.2) is 0 Å². The fourth-order valence-corrected chi connectivity index (χ4v) is 2.54. The van der Waals surface area contributed by atoms with Crippen molar-refractivity contribution >= 4 is 0 Å². The summed E-state index contributed by atoms with van der Waals surface area (Å²) in [4.78, 5) is 2.53. The van der Waals surface area contributed by atoms with Gasteiger partial charge in [-0.05, 0) is 25.9 Å². The molecule has 1 aliphatic heterocycles. The van der Waals surface area contributed by atoms with E-state index in [1.54, 1.807) is 0 Å². The van der Waals surface area contributed by atoms with E-state index in [2.05, 4.69) is 11.8 Å². The second-order valence-corrected chi connectivity index (χ2v) is 5.32. The van der Waals surface area contributed by atoms with Crippen LogP contribution in [-0.4, -0.2) is 30.6 Å². The van der Waals surface area contributed by atoms with Crippen molar-refractivity contribution in [3.8, 4) is 0 Å². The van der Waals surface area contributed by atoms with Crippen molar-refractivity contribution in [3.63, 3.8) is 0 Å². The Balaban J connectivity index is 1.78. The zero-order chi connectivity index (χ0) is 11.6. The second-order valence-electron chi connectivity index (χ2n) is 5.32. The molecule has 96 valence electrons. The Bertz CT molecular complexity index is 159. The lowest BCUT2D eigenvalue weighted by molar-refractivity contribution is 0.323. The molecule has 1 unspecified atom stereocenters. The second kappa shape index (κ2) is 9.00. The van der Waals surface area contributed by atoms with E-state index >= 15 is 0 Å². The number of unbranched alkanes of at least 4 members (excludes halogenated alkanes) is 7. The van der Waals surface area contributed by atoms with Crippen LogP contribution in [0.1, 0.15) is 64.7 Å². The molecule has 16 heavy (non-hydrogen) atoms.